The lowest BCUT2D eigenvalue weighted by Gasteiger charge is -2.34. The van der Waals surface area contributed by atoms with Crippen LogP contribution in [-0.4, -0.2) is 66.0 Å². The van der Waals surface area contributed by atoms with Crippen molar-refractivity contribution in [3.05, 3.63) is 48.6 Å². The van der Waals surface area contributed by atoms with Gasteiger partial charge in [0.2, 0.25) is 5.91 Å². The van der Waals surface area contributed by atoms with Crippen molar-refractivity contribution < 1.29 is 32.3 Å². The van der Waals surface area contributed by atoms with Crippen molar-refractivity contribution in [3.63, 3.8) is 0 Å². The molecule has 1 aromatic rings. The number of hydrogen-bond acceptors (Lipinski definition) is 4. The van der Waals surface area contributed by atoms with Gasteiger partial charge in [-0.05, 0) is 24.8 Å². The number of alkyl halides is 3. The van der Waals surface area contributed by atoms with Crippen LogP contribution in [0.2, 0.25) is 0 Å². The molecule has 2 rings (SSSR count). The zero-order valence-corrected chi connectivity index (χ0v) is 16.7. The summed E-state index contributed by atoms with van der Waals surface area (Å²) in [5.74, 6) is -3.42. The van der Waals surface area contributed by atoms with E-state index in [4.69, 9.17) is 4.74 Å². The molecular formula is C21H25F3N2O4. The van der Waals surface area contributed by atoms with Crippen LogP contribution in [0.25, 0.3) is 0 Å². The first kappa shape index (κ1) is 23.4. The molecule has 2 atom stereocenters. The van der Waals surface area contributed by atoms with E-state index >= 15 is 0 Å². The minimum Gasteiger partial charge on any atom is -0.467 e. The number of carbonyl (C=O) groups is 3. The fourth-order valence-electron chi connectivity index (χ4n) is 3.56. The number of amides is 2. The molecule has 2 amide bonds. The van der Waals surface area contributed by atoms with Crippen LogP contribution < -0.4 is 0 Å². The van der Waals surface area contributed by atoms with Gasteiger partial charge in [-0.1, -0.05) is 36.4 Å². The number of hydrogen-bond donors (Lipinski definition) is 0. The van der Waals surface area contributed by atoms with E-state index in [1.54, 1.807) is 36.4 Å². The lowest BCUT2D eigenvalue weighted by Crippen LogP contribution is -2.56. The van der Waals surface area contributed by atoms with Gasteiger partial charge in [-0.25, -0.2) is 4.79 Å². The van der Waals surface area contributed by atoms with Crippen LogP contribution in [0.3, 0.4) is 0 Å². The van der Waals surface area contributed by atoms with Gasteiger partial charge in [0.25, 0.3) is 0 Å². The van der Waals surface area contributed by atoms with Gasteiger partial charge in [0.1, 0.15) is 12.1 Å². The number of likely N-dealkylation sites (tertiary alicyclic amines) is 1. The summed E-state index contributed by atoms with van der Waals surface area (Å²) in [6.07, 6.45) is -2.69. The Balaban J connectivity index is 2.34. The Bertz CT molecular complexity index is 767. The Morgan fingerprint density at radius 1 is 1.30 bits per heavy atom. The number of halogens is 3. The molecule has 30 heavy (non-hydrogen) atoms. The highest BCUT2D eigenvalue weighted by atomic mass is 19.4. The molecular weight excluding hydrogens is 401 g/mol. The standard InChI is InChI=1S/C21H25F3N2O4/c1-3-4-12-25(17(19(28)30-2)14-15-9-6-5-7-10-15)18(27)16-11-8-13-26(16)20(29)21(22,23)24/h3,5-7,9-10,16-17H,1,4,8,11-14H2,2H3/t16-,17-/m0/s1. The Kier molecular flexibility index (Phi) is 8.02. The molecule has 0 aromatic heterocycles. The third-order valence-electron chi connectivity index (χ3n) is 5.02. The Labute approximate surface area is 173 Å². The van der Waals surface area contributed by atoms with Crippen LogP contribution in [0.15, 0.2) is 43.0 Å². The van der Waals surface area contributed by atoms with Gasteiger partial charge in [0, 0.05) is 19.5 Å². The number of benzene rings is 1. The molecule has 0 aliphatic carbocycles. The van der Waals surface area contributed by atoms with Crippen molar-refractivity contribution in [2.24, 2.45) is 0 Å². The number of esters is 1. The predicted octanol–water partition coefficient (Wildman–Crippen LogP) is 2.73. The molecule has 164 valence electrons. The van der Waals surface area contributed by atoms with E-state index in [-0.39, 0.29) is 32.4 Å². The smallest absolute Gasteiger partial charge is 0.467 e. The van der Waals surface area contributed by atoms with Crippen LogP contribution in [-0.2, 0) is 25.5 Å². The molecule has 0 spiro atoms. The molecule has 1 aliphatic rings. The third kappa shape index (κ3) is 5.61. The number of rotatable bonds is 8. The molecule has 1 aromatic carbocycles. The van der Waals surface area contributed by atoms with Gasteiger partial charge < -0.3 is 14.5 Å². The first-order valence-electron chi connectivity index (χ1n) is 9.61. The summed E-state index contributed by atoms with van der Waals surface area (Å²) in [5.41, 5.74) is 0.763. The average molecular weight is 426 g/mol. The zero-order valence-electron chi connectivity index (χ0n) is 16.7. The van der Waals surface area contributed by atoms with Crippen LogP contribution in [0, 0.1) is 0 Å². The summed E-state index contributed by atoms with van der Waals surface area (Å²) >= 11 is 0. The molecule has 1 saturated heterocycles. The van der Waals surface area contributed by atoms with E-state index in [0.717, 1.165) is 5.56 Å². The maximum Gasteiger partial charge on any atom is 0.471 e. The topological polar surface area (TPSA) is 66.9 Å². The number of nitrogens with zero attached hydrogens (tertiary/aromatic N) is 2. The predicted molar refractivity (Wildman–Crippen MR) is 103 cm³/mol. The molecule has 6 nitrogen and oxygen atoms in total. The van der Waals surface area contributed by atoms with Crippen LogP contribution >= 0.6 is 0 Å². The largest absolute Gasteiger partial charge is 0.471 e. The van der Waals surface area contributed by atoms with E-state index in [1.807, 2.05) is 0 Å². The average Bonchev–Trinajstić information content (AvgIpc) is 3.21. The number of carbonyl (C=O) groups excluding carboxylic acids is 3. The van der Waals surface area contributed by atoms with Gasteiger partial charge in [-0.3, -0.25) is 9.59 Å². The second kappa shape index (κ2) is 10.3. The van der Waals surface area contributed by atoms with Crippen molar-refractivity contribution in [1.82, 2.24) is 9.80 Å². The summed E-state index contributed by atoms with van der Waals surface area (Å²) in [7, 11) is 1.19. The Morgan fingerprint density at radius 3 is 2.53 bits per heavy atom. The van der Waals surface area contributed by atoms with Gasteiger partial charge in [-0.2, -0.15) is 13.2 Å². The molecule has 1 aliphatic heterocycles. The highest BCUT2D eigenvalue weighted by Crippen LogP contribution is 2.27. The fourth-order valence-corrected chi connectivity index (χ4v) is 3.56. The molecule has 0 N–H and O–H groups in total. The van der Waals surface area contributed by atoms with E-state index in [9.17, 15) is 27.6 Å². The quantitative estimate of drug-likeness (QED) is 0.474. The lowest BCUT2D eigenvalue weighted by molar-refractivity contribution is -0.187. The van der Waals surface area contributed by atoms with Crippen LogP contribution in [0.1, 0.15) is 24.8 Å². The Hall–Kier alpha value is -2.84. The maximum atomic E-state index is 13.3. The first-order valence-corrected chi connectivity index (χ1v) is 9.61. The molecule has 0 saturated carbocycles. The van der Waals surface area contributed by atoms with Crippen molar-refractivity contribution in [2.75, 3.05) is 20.2 Å². The zero-order chi connectivity index (χ0) is 22.3. The molecule has 0 unspecified atom stereocenters. The molecule has 1 heterocycles. The minimum absolute atomic E-state index is 0.0689. The first-order chi connectivity index (χ1) is 14.2. The second-order valence-electron chi connectivity index (χ2n) is 6.99. The molecule has 1 fully saturated rings. The second-order valence-corrected chi connectivity index (χ2v) is 6.99. The van der Waals surface area contributed by atoms with Crippen LogP contribution in [0.4, 0.5) is 13.2 Å². The Morgan fingerprint density at radius 2 is 1.97 bits per heavy atom. The summed E-state index contributed by atoms with van der Waals surface area (Å²) in [5, 5.41) is 0. The van der Waals surface area contributed by atoms with E-state index in [1.165, 1.54) is 12.0 Å². The minimum atomic E-state index is -5.07. The highest BCUT2D eigenvalue weighted by molar-refractivity contribution is 5.92. The van der Waals surface area contributed by atoms with Gasteiger partial charge in [-0.15, -0.1) is 6.58 Å². The molecule has 0 bridgehead atoms. The third-order valence-corrected chi connectivity index (χ3v) is 5.02. The van der Waals surface area contributed by atoms with Crippen molar-refractivity contribution in [3.8, 4) is 0 Å². The van der Waals surface area contributed by atoms with Gasteiger partial charge >= 0.3 is 18.1 Å². The fraction of sp³-hybridized carbons (Fsp3) is 0.476. The van der Waals surface area contributed by atoms with Crippen molar-refractivity contribution >= 4 is 17.8 Å². The van der Waals surface area contributed by atoms with Crippen molar-refractivity contribution in [2.45, 2.75) is 43.9 Å². The van der Waals surface area contributed by atoms with Crippen LogP contribution in [0.5, 0.6) is 0 Å². The van der Waals surface area contributed by atoms with E-state index in [0.29, 0.717) is 11.3 Å². The van der Waals surface area contributed by atoms with Gasteiger partial charge in [0.15, 0.2) is 0 Å². The summed E-state index contributed by atoms with van der Waals surface area (Å²) in [6.45, 7) is 3.51. The maximum absolute atomic E-state index is 13.3. The monoisotopic (exact) mass is 426 g/mol. The lowest BCUT2D eigenvalue weighted by atomic mass is 10.0. The van der Waals surface area contributed by atoms with Gasteiger partial charge in [0.05, 0.1) is 7.11 Å². The molecule has 0 radical (unpaired) electrons. The highest BCUT2D eigenvalue weighted by Gasteiger charge is 2.49. The van der Waals surface area contributed by atoms with Crippen molar-refractivity contribution in [1.29, 1.82) is 0 Å². The number of ether oxygens (including phenoxy) is 1. The SMILES string of the molecule is C=CCCN(C(=O)[C@@H]1CCCN1C(=O)C(F)(F)F)[C@@H](Cc1ccccc1)C(=O)OC. The van der Waals surface area contributed by atoms with E-state index in [2.05, 4.69) is 6.58 Å². The summed E-state index contributed by atoms with van der Waals surface area (Å²) in [6, 6.07) is 6.61. The molecule has 9 heteroatoms. The van der Waals surface area contributed by atoms with E-state index < -0.39 is 36.0 Å². The summed E-state index contributed by atoms with van der Waals surface area (Å²) in [4.78, 5) is 39.3. The number of methoxy groups -OCH3 is 1. The normalized spacial score (nSPS) is 17.3. The summed E-state index contributed by atoms with van der Waals surface area (Å²) < 4.78 is 43.8.